The van der Waals surface area contributed by atoms with Gasteiger partial charge < -0.3 is 25.0 Å². The standard InChI is InChI=1S/C19H29N3O4/c1-3-4-16-5-7-18(8-6-16)26-12-9-20-19(25)22-11-10-21(15(2)23)13-17(24)14-22/h5-8,17,24H,3-4,9-14H2,1-2H3,(H,20,25). The largest absolute Gasteiger partial charge is 0.492 e. The Morgan fingerprint density at radius 1 is 1.19 bits per heavy atom. The number of hydrogen-bond acceptors (Lipinski definition) is 4. The van der Waals surface area contributed by atoms with Crippen molar-refractivity contribution in [2.24, 2.45) is 0 Å². The van der Waals surface area contributed by atoms with Crippen LogP contribution < -0.4 is 10.1 Å². The number of hydrogen-bond donors (Lipinski definition) is 2. The van der Waals surface area contributed by atoms with Crippen molar-refractivity contribution in [1.29, 1.82) is 0 Å². The number of rotatable bonds is 6. The molecule has 3 amide bonds. The summed E-state index contributed by atoms with van der Waals surface area (Å²) >= 11 is 0. The van der Waals surface area contributed by atoms with Gasteiger partial charge in [0.1, 0.15) is 12.4 Å². The van der Waals surface area contributed by atoms with Gasteiger partial charge in [0.15, 0.2) is 0 Å². The average Bonchev–Trinajstić information content (AvgIpc) is 2.82. The van der Waals surface area contributed by atoms with E-state index in [0.29, 0.717) is 26.2 Å². The Labute approximate surface area is 154 Å². The highest BCUT2D eigenvalue weighted by Crippen LogP contribution is 2.13. The minimum atomic E-state index is -0.731. The zero-order valence-electron chi connectivity index (χ0n) is 15.6. The summed E-state index contributed by atoms with van der Waals surface area (Å²) in [6.07, 6.45) is 1.44. The van der Waals surface area contributed by atoms with Gasteiger partial charge in [-0.15, -0.1) is 0 Å². The van der Waals surface area contributed by atoms with E-state index in [1.807, 2.05) is 12.1 Å². The van der Waals surface area contributed by atoms with Crippen molar-refractivity contribution in [1.82, 2.24) is 15.1 Å². The minimum Gasteiger partial charge on any atom is -0.492 e. The van der Waals surface area contributed by atoms with Gasteiger partial charge in [0, 0.05) is 26.6 Å². The third-order valence-corrected chi connectivity index (χ3v) is 4.34. The molecule has 7 nitrogen and oxygen atoms in total. The fourth-order valence-electron chi connectivity index (χ4n) is 2.94. The first kappa shape index (κ1) is 20.0. The predicted molar refractivity (Wildman–Crippen MR) is 99.2 cm³/mol. The number of nitrogens with zero attached hydrogens (tertiary/aromatic N) is 2. The van der Waals surface area contributed by atoms with Crippen LogP contribution in [0.15, 0.2) is 24.3 Å². The summed E-state index contributed by atoms with van der Waals surface area (Å²) in [5.74, 6) is 0.686. The molecule has 0 spiro atoms. The lowest BCUT2D eigenvalue weighted by molar-refractivity contribution is -0.129. The maximum Gasteiger partial charge on any atom is 0.317 e. The van der Waals surface area contributed by atoms with E-state index in [1.165, 1.54) is 17.4 Å². The van der Waals surface area contributed by atoms with Crippen LogP contribution in [0, 0.1) is 0 Å². The Bertz CT molecular complexity index is 591. The second-order valence-corrected chi connectivity index (χ2v) is 6.54. The van der Waals surface area contributed by atoms with Gasteiger partial charge in [-0.3, -0.25) is 4.79 Å². The van der Waals surface area contributed by atoms with Crippen molar-refractivity contribution in [2.75, 3.05) is 39.3 Å². The van der Waals surface area contributed by atoms with Gasteiger partial charge in [-0.1, -0.05) is 25.5 Å². The number of amides is 3. The molecule has 1 aromatic carbocycles. The van der Waals surface area contributed by atoms with Crippen LogP contribution in [0.4, 0.5) is 4.79 Å². The molecule has 26 heavy (non-hydrogen) atoms. The number of carbonyl (C=O) groups is 2. The molecule has 0 saturated carbocycles. The lowest BCUT2D eigenvalue weighted by Crippen LogP contribution is -2.45. The summed E-state index contributed by atoms with van der Waals surface area (Å²) in [6, 6.07) is 7.73. The highest BCUT2D eigenvalue weighted by molar-refractivity contribution is 5.75. The molecular weight excluding hydrogens is 334 g/mol. The molecule has 0 bridgehead atoms. The van der Waals surface area contributed by atoms with Gasteiger partial charge >= 0.3 is 6.03 Å². The van der Waals surface area contributed by atoms with Gasteiger partial charge in [0.25, 0.3) is 0 Å². The number of carbonyl (C=O) groups excluding carboxylic acids is 2. The molecule has 0 radical (unpaired) electrons. The van der Waals surface area contributed by atoms with E-state index in [4.69, 9.17) is 4.74 Å². The van der Waals surface area contributed by atoms with E-state index in [1.54, 1.807) is 4.90 Å². The van der Waals surface area contributed by atoms with E-state index >= 15 is 0 Å². The third-order valence-electron chi connectivity index (χ3n) is 4.34. The fraction of sp³-hybridized carbons (Fsp3) is 0.579. The summed E-state index contributed by atoms with van der Waals surface area (Å²) in [4.78, 5) is 26.8. The molecule has 2 N–H and O–H groups in total. The van der Waals surface area contributed by atoms with E-state index in [0.717, 1.165) is 18.6 Å². The molecule has 7 heteroatoms. The maximum absolute atomic E-state index is 12.2. The smallest absolute Gasteiger partial charge is 0.317 e. The summed E-state index contributed by atoms with van der Waals surface area (Å²) in [7, 11) is 0. The van der Waals surface area contributed by atoms with Crippen LogP contribution in [-0.4, -0.2) is 72.3 Å². The maximum atomic E-state index is 12.2. The van der Waals surface area contributed by atoms with Gasteiger partial charge in [0.05, 0.1) is 19.2 Å². The van der Waals surface area contributed by atoms with E-state index in [9.17, 15) is 14.7 Å². The minimum absolute atomic E-state index is 0.0929. The Morgan fingerprint density at radius 2 is 1.85 bits per heavy atom. The molecule has 0 aliphatic carbocycles. The summed E-state index contributed by atoms with van der Waals surface area (Å²) < 4.78 is 5.64. The van der Waals surface area contributed by atoms with Crippen molar-refractivity contribution in [2.45, 2.75) is 32.8 Å². The Balaban J connectivity index is 1.71. The molecule has 2 rings (SSSR count). The summed E-state index contributed by atoms with van der Waals surface area (Å²) in [5.41, 5.74) is 1.28. The quantitative estimate of drug-likeness (QED) is 0.746. The number of ether oxygens (including phenoxy) is 1. The van der Waals surface area contributed by atoms with Crippen molar-refractivity contribution in [3.05, 3.63) is 29.8 Å². The van der Waals surface area contributed by atoms with E-state index in [-0.39, 0.29) is 25.0 Å². The fourth-order valence-corrected chi connectivity index (χ4v) is 2.94. The van der Waals surface area contributed by atoms with Crippen LogP contribution in [0.3, 0.4) is 0 Å². The van der Waals surface area contributed by atoms with Crippen LogP contribution >= 0.6 is 0 Å². The number of β-amino-alcohol motifs (C(OH)–C–C–N with tert-alkyl or cyclic N) is 1. The van der Waals surface area contributed by atoms with E-state index < -0.39 is 6.10 Å². The van der Waals surface area contributed by atoms with Crippen LogP contribution in [0.1, 0.15) is 25.8 Å². The number of urea groups is 1. The Morgan fingerprint density at radius 3 is 2.50 bits per heavy atom. The molecule has 0 aromatic heterocycles. The zero-order valence-corrected chi connectivity index (χ0v) is 15.6. The lowest BCUT2D eigenvalue weighted by atomic mass is 10.1. The lowest BCUT2D eigenvalue weighted by Gasteiger charge is -2.22. The number of benzene rings is 1. The zero-order chi connectivity index (χ0) is 18.9. The molecule has 1 heterocycles. The molecule has 1 aliphatic heterocycles. The highest BCUT2D eigenvalue weighted by Gasteiger charge is 2.25. The Hall–Kier alpha value is -2.28. The average molecular weight is 363 g/mol. The van der Waals surface area contributed by atoms with Crippen LogP contribution in [0.5, 0.6) is 5.75 Å². The number of aryl methyl sites for hydroxylation is 1. The van der Waals surface area contributed by atoms with Crippen LogP contribution in [0.25, 0.3) is 0 Å². The van der Waals surface area contributed by atoms with Crippen LogP contribution in [-0.2, 0) is 11.2 Å². The molecule has 1 atom stereocenters. The molecule has 1 aromatic rings. The van der Waals surface area contributed by atoms with Gasteiger partial charge in [-0.05, 0) is 24.1 Å². The van der Waals surface area contributed by atoms with Gasteiger partial charge in [-0.2, -0.15) is 0 Å². The summed E-state index contributed by atoms with van der Waals surface area (Å²) in [6.45, 7) is 5.67. The van der Waals surface area contributed by atoms with Crippen molar-refractivity contribution >= 4 is 11.9 Å². The summed E-state index contributed by atoms with van der Waals surface area (Å²) in [5, 5.41) is 12.8. The normalized spacial score (nSPS) is 17.6. The van der Waals surface area contributed by atoms with Crippen LogP contribution in [0.2, 0.25) is 0 Å². The third kappa shape index (κ3) is 6.22. The van der Waals surface area contributed by atoms with Crippen molar-refractivity contribution in [3.8, 4) is 5.75 Å². The monoisotopic (exact) mass is 363 g/mol. The molecule has 144 valence electrons. The SMILES string of the molecule is CCCc1ccc(OCCNC(=O)N2CCN(C(C)=O)CC(O)C2)cc1. The highest BCUT2D eigenvalue weighted by atomic mass is 16.5. The molecule has 1 aliphatic rings. The first-order valence-corrected chi connectivity index (χ1v) is 9.17. The topological polar surface area (TPSA) is 82.1 Å². The predicted octanol–water partition coefficient (Wildman–Crippen LogP) is 1.25. The second kappa shape index (κ2) is 10.0. The van der Waals surface area contributed by atoms with Crippen molar-refractivity contribution in [3.63, 3.8) is 0 Å². The van der Waals surface area contributed by atoms with E-state index in [2.05, 4.69) is 24.4 Å². The first-order valence-electron chi connectivity index (χ1n) is 9.17. The molecular formula is C19H29N3O4. The molecule has 1 fully saturated rings. The van der Waals surface area contributed by atoms with Gasteiger partial charge in [0.2, 0.25) is 5.91 Å². The molecule has 1 saturated heterocycles. The van der Waals surface area contributed by atoms with Crippen molar-refractivity contribution < 1.29 is 19.4 Å². The second-order valence-electron chi connectivity index (χ2n) is 6.54. The van der Waals surface area contributed by atoms with Gasteiger partial charge in [-0.25, -0.2) is 4.79 Å². The number of aliphatic hydroxyl groups excluding tert-OH is 1. The Kier molecular flexibility index (Phi) is 7.72. The number of nitrogens with one attached hydrogen (secondary N) is 1. The number of aliphatic hydroxyl groups is 1. The first-order chi connectivity index (χ1) is 12.5. The molecule has 1 unspecified atom stereocenters.